The summed E-state index contributed by atoms with van der Waals surface area (Å²) >= 11 is 0. The van der Waals surface area contributed by atoms with E-state index in [9.17, 15) is 5.11 Å². The fourth-order valence-electron chi connectivity index (χ4n) is 4.43. The molecule has 1 aliphatic carbocycles. The van der Waals surface area contributed by atoms with Gasteiger partial charge in [-0.1, -0.05) is 11.2 Å². The van der Waals surface area contributed by atoms with Gasteiger partial charge in [-0.15, -0.1) is 5.10 Å². The van der Waals surface area contributed by atoms with Gasteiger partial charge in [0, 0.05) is 17.8 Å². The summed E-state index contributed by atoms with van der Waals surface area (Å²) in [6, 6.07) is 9.35. The number of aromatic hydroxyl groups is 1. The lowest BCUT2D eigenvalue weighted by Crippen LogP contribution is -2.19. The van der Waals surface area contributed by atoms with Gasteiger partial charge >= 0.3 is 6.01 Å². The molecule has 2 N–H and O–H groups in total. The lowest BCUT2D eigenvalue weighted by atomic mass is 10.0. The van der Waals surface area contributed by atoms with E-state index in [0.29, 0.717) is 29.0 Å². The van der Waals surface area contributed by atoms with Crippen LogP contribution in [0.3, 0.4) is 0 Å². The standard InChI is InChI=1S/C22H23N5O3/c1-29-21-9-14(4-5-24-21)13-2-3-18(20(28)8-13)19-12-25-22(27-26-19)30-17-6-15-10-23-11-16(15)7-17/h2-5,8-9,12,15-17,23,28H,6-7,10-11H2,1H3/t15-,16+,17+. The van der Waals surface area contributed by atoms with Crippen molar-refractivity contribution >= 4 is 0 Å². The molecule has 154 valence electrons. The Morgan fingerprint density at radius 3 is 2.50 bits per heavy atom. The Hall–Kier alpha value is -3.26. The minimum atomic E-state index is 0.101. The molecule has 2 aliphatic rings. The second-order valence-electron chi connectivity index (χ2n) is 7.83. The molecule has 0 amide bonds. The predicted octanol–water partition coefficient (Wildman–Crippen LogP) is 2.69. The zero-order chi connectivity index (χ0) is 20.5. The van der Waals surface area contributed by atoms with Crippen LogP contribution in [0, 0.1) is 11.8 Å². The second-order valence-corrected chi connectivity index (χ2v) is 7.83. The van der Waals surface area contributed by atoms with Crippen molar-refractivity contribution in [3.8, 4) is 40.0 Å². The van der Waals surface area contributed by atoms with E-state index in [2.05, 4.69) is 25.5 Å². The van der Waals surface area contributed by atoms with Gasteiger partial charge in [0.1, 0.15) is 17.5 Å². The maximum Gasteiger partial charge on any atom is 0.335 e. The Kier molecular flexibility index (Phi) is 4.92. The third-order valence-corrected chi connectivity index (χ3v) is 5.97. The maximum atomic E-state index is 10.5. The van der Waals surface area contributed by atoms with Crippen molar-refractivity contribution in [1.29, 1.82) is 0 Å². The first-order chi connectivity index (χ1) is 14.7. The summed E-state index contributed by atoms with van der Waals surface area (Å²) in [6.45, 7) is 2.15. The first-order valence-corrected chi connectivity index (χ1v) is 10.1. The number of nitrogens with one attached hydrogen (secondary N) is 1. The average molecular weight is 405 g/mol. The van der Waals surface area contributed by atoms with Crippen molar-refractivity contribution in [2.75, 3.05) is 20.2 Å². The summed E-state index contributed by atoms with van der Waals surface area (Å²) < 4.78 is 11.1. The molecule has 30 heavy (non-hydrogen) atoms. The SMILES string of the molecule is COc1cc(-c2ccc(-c3cnc(O[C@@H]4C[C@H]5CNC[C@H]5C4)nn3)c(O)c2)ccn1. The Balaban J connectivity index is 1.30. The molecule has 8 nitrogen and oxygen atoms in total. The number of pyridine rings is 1. The zero-order valence-electron chi connectivity index (χ0n) is 16.7. The van der Waals surface area contributed by atoms with Crippen LogP contribution in [0.4, 0.5) is 0 Å². The Morgan fingerprint density at radius 2 is 1.80 bits per heavy atom. The summed E-state index contributed by atoms with van der Waals surface area (Å²) in [6.07, 6.45) is 5.47. The van der Waals surface area contributed by atoms with Crippen LogP contribution < -0.4 is 14.8 Å². The van der Waals surface area contributed by atoms with Gasteiger partial charge in [0.2, 0.25) is 5.88 Å². The second kappa shape index (κ2) is 7.87. The van der Waals surface area contributed by atoms with Crippen molar-refractivity contribution < 1.29 is 14.6 Å². The molecule has 1 aliphatic heterocycles. The molecular formula is C22H23N5O3. The van der Waals surface area contributed by atoms with E-state index in [1.807, 2.05) is 18.2 Å². The molecule has 1 saturated heterocycles. The lowest BCUT2D eigenvalue weighted by Gasteiger charge is -2.13. The van der Waals surface area contributed by atoms with Gasteiger partial charge in [-0.25, -0.2) is 9.97 Å². The van der Waals surface area contributed by atoms with Crippen LogP contribution in [-0.4, -0.2) is 51.6 Å². The summed E-state index contributed by atoms with van der Waals surface area (Å²) in [5.41, 5.74) is 2.80. The number of benzene rings is 1. The fraction of sp³-hybridized carbons (Fsp3) is 0.364. The first-order valence-electron chi connectivity index (χ1n) is 10.1. The highest BCUT2D eigenvalue weighted by atomic mass is 16.5. The van der Waals surface area contributed by atoms with Crippen LogP contribution in [0.15, 0.2) is 42.7 Å². The summed E-state index contributed by atoms with van der Waals surface area (Å²) in [4.78, 5) is 8.42. The van der Waals surface area contributed by atoms with Gasteiger partial charge in [-0.3, -0.25) is 0 Å². The molecule has 2 aromatic heterocycles. The highest BCUT2D eigenvalue weighted by Gasteiger charge is 2.38. The van der Waals surface area contributed by atoms with E-state index in [0.717, 1.165) is 37.1 Å². The monoisotopic (exact) mass is 405 g/mol. The topological polar surface area (TPSA) is 102 Å². The molecule has 3 atom stereocenters. The quantitative estimate of drug-likeness (QED) is 0.668. The van der Waals surface area contributed by atoms with Gasteiger partial charge in [-0.2, -0.15) is 0 Å². The molecule has 0 unspecified atom stereocenters. The van der Waals surface area contributed by atoms with Crippen LogP contribution in [0.25, 0.3) is 22.4 Å². The maximum absolute atomic E-state index is 10.5. The lowest BCUT2D eigenvalue weighted by molar-refractivity contribution is 0.180. The minimum Gasteiger partial charge on any atom is -0.507 e. The largest absolute Gasteiger partial charge is 0.507 e. The summed E-state index contributed by atoms with van der Waals surface area (Å²) in [5, 5.41) is 22.3. The number of hydrogen-bond acceptors (Lipinski definition) is 8. The molecule has 0 spiro atoms. The van der Waals surface area contributed by atoms with Crippen LogP contribution in [0.2, 0.25) is 0 Å². The first kappa shape index (κ1) is 18.7. The van der Waals surface area contributed by atoms with Gasteiger partial charge in [0.25, 0.3) is 0 Å². The van der Waals surface area contributed by atoms with Crippen molar-refractivity contribution in [2.45, 2.75) is 18.9 Å². The van der Waals surface area contributed by atoms with E-state index in [1.165, 1.54) is 0 Å². The number of hydrogen-bond donors (Lipinski definition) is 2. The third kappa shape index (κ3) is 3.66. The number of phenols is 1. The van der Waals surface area contributed by atoms with E-state index in [1.54, 1.807) is 31.6 Å². The van der Waals surface area contributed by atoms with Crippen LogP contribution in [-0.2, 0) is 0 Å². The fourth-order valence-corrected chi connectivity index (χ4v) is 4.43. The van der Waals surface area contributed by atoms with Crippen LogP contribution >= 0.6 is 0 Å². The smallest absolute Gasteiger partial charge is 0.335 e. The molecule has 3 heterocycles. The number of aromatic nitrogens is 4. The molecule has 5 rings (SSSR count). The van der Waals surface area contributed by atoms with E-state index >= 15 is 0 Å². The summed E-state index contributed by atoms with van der Waals surface area (Å²) in [5.74, 6) is 2.00. The number of fused-ring (bicyclic) bond motifs is 1. The van der Waals surface area contributed by atoms with Crippen LogP contribution in [0.1, 0.15) is 12.8 Å². The van der Waals surface area contributed by atoms with Gasteiger partial charge in [0.05, 0.1) is 13.3 Å². The average Bonchev–Trinajstić information content (AvgIpc) is 3.36. The molecule has 1 saturated carbocycles. The third-order valence-electron chi connectivity index (χ3n) is 5.97. The Labute approximate surface area is 174 Å². The zero-order valence-corrected chi connectivity index (χ0v) is 16.7. The Bertz CT molecular complexity index is 1030. The van der Waals surface area contributed by atoms with Gasteiger partial charge in [-0.05, 0) is 67.1 Å². The molecule has 3 aromatic rings. The molecule has 2 fully saturated rings. The van der Waals surface area contributed by atoms with Gasteiger partial charge < -0.3 is 19.9 Å². The predicted molar refractivity (Wildman–Crippen MR) is 110 cm³/mol. The van der Waals surface area contributed by atoms with Gasteiger partial charge in [0.15, 0.2) is 0 Å². The number of nitrogens with zero attached hydrogens (tertiary/aromatic N) is 4. The molecule has 1 aromatic carbocycles. The number of phenolic OH excluding ortho intramolecular Hbond substituents is 1. The Morgan fingerprint density at radius 1 is 1.00 bits per heavy atom. The van der Waals surface area contributed by atoms with E-state index in [-0.39, 0.29) is 17.9 Å². The molecule has 0 radical (unpaired) electrons. The van der Waals surface area contributed by atoms with Crippen molar-refractivity contribution in [3.05, 3.63) is 42.7 Å². The normalized spacial score (nSPS) is 22.6. The summed E-state index contributed by atoms with van der Waals surface area (Å²) in [7, 11) is 1.57. The highest BCUT2D eigenvalue weighted by molar-refractivity contribution is 5.74. The minimum absolute atomic E-state index is 0.101. The van der Waals surface area contributed by atoms with Crippen molar-refractivity contribution in [3.63, 3.8) is 0 Å². The number of rotatable bonds is 5. The van der Waals surface area contributed by atoms with Crippen molar-refractivity contribution in [1.82, 2.24) is 25.5 Å². The van der Waals surface area contributed by atoms with Crippen molar-refractivity contribution in [2.24, 2.45) is 11.8 Å². The molecule has 8 heteroatoms. The van der Waals surface area contributed by atoms with E-state index < -0.39 is 0 Å². The highest BCUT2D eigenvalue weighted by Crippen LogP contribution is 2.36. The molecule has 0 bridgehead atoms. The number of methoxy groups -OCH3 is 1. The van der Waals surface area contributed by atoms with Crippen LogP contribution in [0.5, 0.6) is 17.6 Å². The van der Waals surface area contributed by atoms with E-state index in [4.69, 9.17) is 9.47 Å². The molecular weight excluding hydrogens is 382 g/mol. The number of ether oxygens (including phenoxy) is 2.